The fraction of sp³-hybridized carbons (Fsp3) is 0.125. The summed E-state index contributed by atoms with van der Waals surface area (Å²) in [6, 6.07) is 5.67. The summed E-state index contributed by atoms with van der Waals surface area (Å²) in [5.41, 5.74) is 0.506. The number of hydrogen-bond donors (Lipinski definition) is 0. The van der Waals surface area contributed by atoms with E-state index in [-0.39, 0.29) is 0 Å². The Morgan fingerprint density at radius 1 is 1.33 bits per heavy atom. The van der Waals surface area contributed by atoms with Gasteiger partial charge in [-0.15, -0.1) is 0 Å². The highest BCUT2D eigenvalue weighted by Gasteiger charge is 2.09. The van der Waals surface area contributed by atoms with E-state index in [4.69, 9.17) is 10.00 Å². The molecule has 0 saturated carbocycles. The smallest absolute Gasteiger partial charge is 0.151 e. The lowest BCUT2D eigenvalue weighted by Gasteiger charge is -2.05. The summed E-state index contributed by atoms with van der Waals surface area (Å²) in [6.07, 6.45) is 0. The number of methoxy groups -OCH3 is 1. The summed E-state index contributed by atoms with van der Waals surface area (Å²) >= 11 is 6.54. The van der Waals surface area contributed by atoms with Gasteiger partial charge in [0.2, 0.25) is 0 Å². The Bertz CT molecular complexity index is 344. The Hall–Kier alpha value is -0.530. The first kappa shape index (κ1) is 9.56. The second kappa shape index (κ2) is 3.92. The van der Waals surface area contributed by atoms with E-state index < -0.39 is 0 Å². The SMILES string of the molecule is COc1c(Br)ccc(Br)c1C#N. The fourth-order valence-electron chi connectivity index (χ4n) is 0.837. The summed E-state index contributed by atoms with van der Waals surface area (Å²) in [5.74, 6) is 0.562. The normalized spacial score (nSPS) is 9.17. The minimum absolute atomic E-state index is 0.506. The number of ether oxygens (including phenoxy) is 1. The van der Waals surface area contributed by atoms with Crippen molar-refractivity contribution in [1.82, 2.24) is 0 Å². The third kappa shape index (κ3) is 1.62. The molecule has 12 heavy (non-hydrogen) atoms. The second-order valence-electron chi connectivity index (χ2n) is 2.05. The van der Waals surface area contributed by atoms with Crippen molar-refractivity contribution in [1.29, 1.82) is 5.26 Å². The van der Waals surface area contributed by atoms with E-state index >= 15 is 0 Å². The van der Waals surface area contributed by atoms with Gasteiger partial charge in [-0.05, 0) is 44.0 Å². The molecule has 0 saturated heterocycles. The van der Waals surface area contributed by atoms with Gasteiger partial charge in [-0.25, -0.2) is 0 Å². The Labute approximate surface area is 87.4 Å². The summed E-state index contributed by atoms with van der Waals surface area (Å²) in [5, 5.41) is 8.77. The molecule has 62 valence electrons. The van der Waals surface area contributed by atoms with Crippen LogP contribution < -0.4 is 4.74 Å². The van der Waals surface area contributed by atoms with E-state index in [1.165, 1.54) is 7.11 Å². The monoisotopic (exact) mass is 289 g/mol. The van der Waals surface area contributed by atoms with Gasteiger partial charge < -0.3 is 4.74 Å². The van der Waals surface area contributed by atoms with Crippen LogP contribution in [0, 0.1) is 11.3 Å². The zero-order valence-corrected chi connectivity index (χ0v) is 9.44. The van der Waals surface area contributed by atoms with E-state index in [0.29, 0.717) is 11.3 Å². The van der Waals surface area contributed by atoms with Gasteiger partial charge in [0.25, 0.3) is 0 Å². The molecule has 1 rings (SSSR count). The largest absolute Gasteiger partial charge is 0.494 e. The van der Waals surface area contributed by atoms with Crippen molar-refractivity contribution >= 4 is 31.9 Å². The second-order valence-corrected chi connectivity index (χ2v) is 3.76. The van der Waals surface area contributed by atoms with Crippen molar-refractivity contribution in [3.05, 3.63) is 26.6 Å². The van der Waals surface area contributed by atoms with Crippen molar-refractivity contribution in [2.75, 3.05) is 7.11 Å². The van der Waals surface area contributed by atoms with Crippen LogP contribution in [0.5, 0.6) is 5.75 Å². The zero-order chi connectivity index (χ0) is 9.14. The molecule has 1 aromatic carbocycles. The van der Waals surface area contributed by atoms with Gasteiger partial charge in [0.05, 0.1) is 11.6 Å². The molecule has 4 heteroatoms. The molecule has 1 aromatic rings. The predicted octanol–water partition coefficient (Wildman–Crippen LogP) is 3.09. The quantitative estimate of drug-likeness (QED) is 0.796. The zero-order valence-electron chi connectivity index (χ0n) is 6.27. The van der Waals surface area contributed by atoms with Gasteiger partial charge >= 0.3 is 0 Å². The molecule has 0 spiro atoms. The van der Waals surface area contributed by atoms with Crippen molar-refractivity contribution in [2.45, 2.75) is 0 Å². The molecular weight excluding hydrogens is 286 g/mol. The summed E-state index contributed by atoms with van der Waals surface area (Å²) in [7, 11) is 1.54. The van der Waals surface area contributed by atoms with Crippen LogP contribution in [0.4, 0.5) is 0 Å². The minimum atomic E-state index is 0.506. The average molecular weight is 291 g/mol. The van der Waals surface area contributed by atoms with Crippen LogP contribution in [-0.2, 0) is 0 Å². The van der Waals surface area contributed by atoms with Crippen molar-refractivity contribution in [2.24, 2.45) is 0 Å². The standard InChI is InChI=1S/C8H5Br2NO/c1-12-8-5(4-11)6(9)2-3-7(8)10/h2-3H,1H3. The summed E-state index contributed by atoms with van der Waals surface area (Å²) < 4.78 is 6.57. The molecular formula is C8H5Br2NO. The number of nitrogens with zero attached hydrogens (tertiary/aromatic N) is 1. The molecule has 0 heterocycles. The first-order valence-electron chi connectivity index (χ1n) is 3.12. The predicted molar refractivity (Wildman–Crippen MR) is 53.1 cm³/mol. The molecule has 0 amide bonds. The Kier molecular flexibility index (Phi) is 3.12. The Morgan fingerprint density at radius 3 is 2.33 bits per heavy atom. The molecule has 0 aliphatic carbocycles. The van der Waals surface area contributed by atoms with E-state index in [1.54, 1.807) is 6.07 Å². The third-order valence-corrected chi connectivity index (χ3v) is 2.66. The lowest BCUT2D eigenvalue weighted by atomic mass is 10.2. The molecule has 0 bridgehead atoms. The molecule has 0 N–H and O–H groups in total. The maximum Gasteiger partial charge on any atom is 0.151 e. The molecule has 0 unspecified atom stereocenters. The number of halogens is 2. The van der Waals surface area contributed by atoms with Crippen molar-refractivity contribution < 1.29 is 4.74 Å². The highest BCUT2D eigenvalue weighted by atomic mass is 79.9. The molecule has 0 fully saturated rings. The van der Waals surface area contributed by atoms with Crippen LogP contribution in [0.15, 0.2) is 21.1 Å². The number of nitriles is 1. The number of benzene rings is 1. The average Bonchev–Trinajstić information content (AvgIpc) is 2.08. The topological polar surface area (TPSA) is 33.0 Å². The Balaban J connectivity index is 3.41. The minimum Gasteiger partial charge on any atom is -0.494 e. The maximum absolute atomic E-state index is 8.77. The number of hydrogen-bond acceptors (Lipinski definition) is 2. The molecule has 0 aromatic heterocycles. The lowest BCUT2D eigenvalue weighted by molar-refractivity contribution is 0.410. The first-order valence-corrected chi connectivity index (χ1v) is 4.71. The molecule has 0 atom stereocenters. The van der Waals surface area contributed by atoms with Crippen LogP contribution in [0.1, 0.15) is 5.56 Å². The van der Waals surface area contributed by atoms with Crippen LogP contribution in [0.3, 0.4) is 0 Å². The van der Waals surface area contributed by atoms with Crippen LogP contribution in [0.25, 0.3) is 0 Å². The van der Waals surface area contributed by atoms with Gasteiger partial charge in [-0.2, -0.15) is 5.26 Å². The van der Waals surface area contributed by atoms with E-state index in [9.17, 15) is 0 Å². The maximum atomic E-state index is 8.77. The first-order chi connectivity index (χ1) is 5.70. The lowest BCUT2D eigenvalue weighted by Crippen LogP contribution is -1.89. The molecule has 2 nitrogen and oxygen atoms in total. The molecule has 0 aliphatic rings. The molecule has 0 aliphatic heterocycles. The molecule has 0 radical (unpaired) electrons. The number of rotatable bonds is 1. The van der Waals surface area contributed by atoms with Crippen LogP contribution in [0.2, 0.25) is 0 Å². The van der Waals surface area contributed by atoms with Crippen molar-refractivity contribution in [3.63, 3.8) is 0 Å². The summed E-state index contributed by atoms with van der Waals surface area (Å²) in [4.78, 5) is 0. The van der Waals surface area contributed by atoms with Gasteiger partial charge in [0.15, 0.2) is 5.75 Å². The Morgan fingerprint density at radius 2 is 1.92 bits per heavy atom. The summed E-state index contributed by atoms with van der Waals surface area (Å²) in [6.45, 7) is 0. The third-order valence-electron chi connectivity index (χ3n) is 1.37. The van der Waals surface area contributed by atoms with Gasteiger partial charge in [-0.3, -0.25) is 0 Å². The highest BCUT2D eigenvalue weighted by molar-refractivity contribution is 9.11. The van der Waals surface area contributed by atoms with Gasteiger partial charge in [0.1, 0.15) is 11.6 Å². The van der Waals surface area contributed by atoms with Gasteiger partial charge in [-0.1, -0.05) is 0 Å². The fourth-order valence-corrected chi connectivity index (χ4v) is 1.73. The van der Waals surface area contributed by atoms with Crippen LogP contribution >= 0.6 is 31.9 Å². The van der Waals surface area contributed by atoms with Crippen molar-refractivity contribution in [3.8, 4) is 11.8 Å². The van der Waals surface area contributed by atoms with E-state index in [0.717, 1.165) is 8.95 Å². The van der Waals surface area contributed by atoms with E-state index in [1.807, 2.05) is 6.07 Å². The van der Waals surface area contributed by atoms with Crippen LogP contribution in [-0.4, -0.2) is 7.11 Å². The van der Waals surface area contributed by atoms with E-state index in [2.05, 4.69) is 37.9 Å². The highest BCUT2D eigenvalue weighted by Crippen LogP contribution is 2.33. The van der Waals surface area contributed by atoms with Gasteiger partial charge in [0, 0.05) is 4.47 Å².